The number of halogens is 1. The molecule has 0 N–H and O–H groups in total. The summed E-state index contributed by atoms with van der Waals surface area (Å²) in [6.07, 6.45) is 0.950. The Labute approximate surface area is 149 Å². The van der Waals surface area contributed by atoms with Gasteiger partial charge in [0.15, 0.2) is 11.5 Å². The van der Waals surface area contributed by atoms with Gasteiger partial charge in [0.2, 0.25) is 5.91 Å². The third kappa shape index (κ3) is 2.98. The standard InChI is InChI=1S/C18H18FN5O2/c1-11-20-18(26-22-11)17-14-10-24(8-7-15(14)23(2)21-17)16(25)9-12-3-5-13(19)6-4-12/h3-6H,7-10H2,1-2H3. The van der Waals surface area contributed by atoms with E-state index in [2.05, 4.69) is 15.2 Å². The van der Waals surface area contributed by atoms with Crippen molar-refractivity contribution in [1.82, 2.24) is 24.8 Å². The van der Waals surface area contributed by atoms with E-state index in [0.29, 0.717) is 36.9 Å². The van der Waals surface area contributed by atoms with Crippen LogP contribution in [0.1, 0.15) is 22.6 Å². The van der Waals surface area contributed by atoms with Crippen molar-refractivity contribution in [3.05, 3.63) is 52.7 Å². The van der Waals surface area contributed by atoms with Crippen LogP contribution < -0.4 is 0 Å². The van der Waals surface area contributed by atoms with Gasteiger partial charge in [0, 0.05) is 37.8 Å². The Balaban J connectivity index is 1.57. The Kier molecular flexibility index (Phi) is 4.02. The number of rotatable bonds is 3. The summed E-state index contributed by atoms with van der Waals surface area (Å²) in [7, 11) is 1.88. The van der Waals surface area contributed by atoms with Crippen LogP contribution in [0.5, 0.6) is 0 Å². The summed E-state index contributed by atoms with van der Waals surface area (Å²) in [4.78, 5) is 18.7. The van der Waals surface area contributed by atoms with E-state index in [1.807, 2.05) is 11.7 Å². The van der Waals surface area contributed by atoms with Gasteiger partial charge in [0.1, 0.15) is 5.82 Å². The van der Waals surface area contributed by atoms with Gasteiger partial charge in [-0.1, -0.05) is 17.3 Å². The number of aryl methyl sites for hydroxylation is 2. The van der Waals surface area contributed by atoms with E-state index in [4.69, 9.17) is 4.52 Å². The molecule has 0 atom stereocenters. The number of hydrogen-bond acceptors (Lipinski definition) is 5. The van der Waals surface area contributed by atoms with Gasteiger partial charge in [-0.15, -0.1) is 0 Å². The number of benzene rings is 1. The van der Waals surface area contributed by atoms with E-state index in [9.17, 15) is 9.18 Å². The number of carbonyl (C=O) groups is 1. The number of carbonyl (C=O) groups excluding carboxylic acids is 1. The van der Waals surface area contributed by atoms with Gasteiger partial charge in [0.25, 0.3) is 5.89 Å². The first kappa shape index (κ1) is 16.4. The van der Waals surface area contributed by atoms with E-state index in [0.717, 1.165) is 16.8 Å². The number of amides is 1. The summed E-state index contributed by atoms with van der Waals surface area (Å²) in [6.45, 7) is 2.82. The maximum Gasteiger partial charge on any atom is 0.278 e. The fraction of sp³-hybridized carbons (Fsp3) is 0.333. The highest BCUT2D eigenvalue weighted by Crippen LogP contribution is 2.29. The van der Waals surface area contributed by atoms with Crippen LogP contribution in [0, 0.1) is 12.7 Å². The lowest BCUT2D eigenvalue weighted by molar-refractivity contribution is -0.131. The highest BCUT2D eigenvalue weighted by Gasteiger charge is 2.29. The smallest absolute Gasteiger partial charge is 0.278 e. The Morgan fingerprint density at radius 3 is 2.77 bits per heavy atom. The van der Waals surface area contributed by atoms with E-state index in [-0.39, 0.29) is 18.1 Å². The molecule has 0 saturated carbocycles. The molecule has 1 amide bonds. The van der Waals surface area contributed by atoms with Crippen LogP contribution in [0.25, 0.3) is 11.6 Å². The van der Waals surface area contributed by atoms with Crippen molar-refractivity contribution in [3.63, 3.8) is 0 Å². The molecule has 0 fully saturated rings. The molecule has 8 heteroatoms. The van der Waals surface area contributed by atoms with Crippen LogP contribution in [-0.2, 0) is 31.2 Å². The zero-order valence-corrected chi connectivity index (χ0v) is 14.6. The first-order valence-electron chi connectivity index (χ1n) is 8.39. The molecule has 26 heavy (non-hydrogen) atoms. The minimum atomic E-state index is -0.307. The Bertz CT molecular complexity index is 961. The number of fused-ring (bicyclic) bond motifs is 1. The lowest BCUT2D eigenvalue weighted by Crippen LogP contribution is -2.37. The summed E-state index contributed by atoms with van der Waals surface area (Å²) < 4.78 is 20.1. The molecule has 0 aliphatic carbocycles. The van der Waals surface area contributed by atoms with Gasteiger partial charge in [-0.25, -0.2) is 4.39 Å². The molecule has 2 aromatic heterocycles. The minimum Gasteiger partial charge on any atom is -0.338 e. The molecule has 0 radical (unpaired) electrons. The zero-order chi connectivity index (χ0) is 18.3. The van der Waals surface area contributed by atoms with Crippen LogP contribution in [0.4, 0.5) is 4.39 Å². The van der Waals surface area contributed by atoms with Crippen molar-refractivity contribution < 1.29 is 13.7 Å². The zero-order valence-electron chi connectivity index (χ0n) is 14.6. The average molecular weight is 355 g/mol. The lowest BCUT2D eigenvalue weighted by atomic mass is 10.0. The largest absolute Gasteiger partial charge is 0.338 e. The summed E-state index contributed by atoms with van der Waals surface area (Å²) in [6, 6.07) is 6.01. The predicted molar refractivity (Wildman–Crippen MR) is 90.5 cm³/mol. The highest BCUT2D eigenvalue weighted by atomic mass is 19.1. The van der Waals surface area contributed by atoms with Gasteiger partial charge < -0.3 is 9.42 Å². The van der Waals surface area contributed by atoms with Crippen LogP contribution in [0.2, 0.25) is 0 Å². The summed E-state index contributed by atoms with van der Waals surface area (Å²) >= 11 is 0. The molecule has 4 rings (SSSR count). The van der Waals surface area contributed by atoms with Crippen molar-refractivity contribution in [1.29, 1.82) is 0 Å². The second-order valence-corrected chi connectivity index (χ2v) is 6.41. The number of nitrogens with zero attached hydrogens (tertiary/aromatic N) is 5. The number of aromatic nitrogens is 4. The summed E-state index contributed by atoms with van der Waals surface area (Å²) in [5.41, 5.74) is 3.43. The highest BCUT2D eigenvalue weighted by molar-refractivity contribution is 5.79. The first-order chi connectivity index (χ1) is 12.5. The van der Waals surface area contributed by atoms with Gasteiger partial charge in [-0.05, 0) is 24.6 Å². The Morgan fingerprint density at radius 1 is 1.31 bits per heavy atom. The molecular weight excluding hydrogens is 337 g/mol. The lowest BCUT2D eigenvalue weighted by Gasteiger charge is -2.27. The second-order valence-electron chi connectivity index (χ2n) is 6.41. The molecule has 1 aliphatic rings. The molecule has 0 spiro atoms. The third-order valence-corrected chi connectivity index (χ3v) is 4.59. The monoisotopic (exact) mass is 355 g/mol. The molecule has 3 aromatic rings. The van der Waals surface area contributed by atoms with Crippen molar-refractivity contribution >= 4 is 5.91 Å². The SMILES string of the molecule is Cc1noc(-c2nn(C)c3c2CN(C(=O)Cc2ccc(F)cc2)CC3)n1. The molecule has 0 bridgehead atoms. The van der Waals surface area contributed by atoms with Crippen molar-refractivity contribution in [3.8, 4) is 11.6 Å². The van der Waals surface area contributed by atoms with Crippen LogP contribution in [-0.4, -0.2) is 37.3 Å². The van der Waals surface area contributed by atoms with Crippen LogP contribution in [0.3, 0.4) is 0 Å². The Morgan fingerprint density at radius 2 is 2.08 bits per heavy atom. The maximum atomic E-state index is 13.0. The number of hydrogen-bond donors (Lipinski definition) is 0. The first-order valence-corrected chi connectivity index (χ1v) is 8.39. The molecular formula is C18H18FN5O2. The molecule has 7 nitrogen and oxygen atoms in total. The van der Waals surface area contributed by atoms with E-state index >= 15 is 0 Å². The fourth-order valence-corrected chi connectivity index (χ4v) is 3.26. The maximum absolute atomic E-state index is 13.0. The van der Waals surface area contributed by atoms with Gasteiger partial charge in [0.05, 0.1) is 6.42 Å². The fourth-order valence-electron chi connectivity index (χ4n) is 3.26. The molecule has 134 valence electrons. The molecule has 0 saturated heterocycles. The van der Waals surface area contributed by atoms with Crippen molar-refractivity contribution in [2.45, 2.75) is 26.3 Å². The van der Waals surface area contributed by atoms with Gasteiger partial charge >= 0.3 is 0 Å². The summed E-state index contributed by atoms with van der Waals surface area (Å²) in [5.74, 6) is 0.601. The van der Waals surface area contributed by atoms with Crippen LogP contribution >= 0.6 is 0 Å². The Hall–Kier alpha value is -3.03. The predicted octanol–water partition coefficient (Wildman–Crippen LogP) is 2.05. The van der Waals surface area contributed by atoms with E-state index < -0.39 is 0 Å². The van der Waals surface area contributed by atoms with Crippen molar-refractivity contribution in [2.75, 3.05) is 6.54 Å². The molecule has 3 heterocycles. The quantitative estimate of drug-likeness (QED) is 0.719. The van der Waals surface area contributed by atoms with Gasteiger partial charge in [-0.2, -0.15) is 10.1 Å². The second kappa shape index (κ2) is 6.36. The van der Waals surface area contributed by atoms with E-state index in [1.165, 1.54) is 12.1 Å². The molecule has 0 unspecified atom stereocenters. The normalized spacial score (nSPS) is 13.7. The van der Waals surface area contributed by atoms with Crippen molar-refractivity contribution in [2.24, 2.45) is 7.05 Å². The summed E-state index contributed by atoms with van der Waals surface area (Å²) in [5, 5.41) is 8.33. The van der Waals surface area contributed by atoms with Gasteiger partial charge in [-0.3, -0.25) is 9.48 Å². The topological polar surface area (TPSA) is 77.0 Å². The molecule has 1 aromatic carbocycles. The third-order valence-electron chi connectivity index (χ3n) is 4.59. The van der Waals surface area contributed by atoms with Crippen LogP contribution in [0.15, 0.2) is 28.8 Å². The molecule has 1 aliphatic heterocycles. The van der Waals surface area contributed by atoms with E-state index in [1.54, 1.807) is 24.0 Å². The minimum absolute atomic E-state index is 0.00114. The average Bonchev–Trinajstić information content (AvgIpc) is 3.20.